The van der Waals surface area contributed by atoms with Crippen LogP contribution in [0.4, 0.5) is 0 Å². The minimum atomic E-state index is -0.891. The molecule has 0 radical (unpaired) electrons. The lowest BCUT2D eigenvalue weighted by molar-refractivity contribution is 0.0450. The zero-order chi connectivity index (χ0) is 12.2. The van der Waals surface area contributed by atoms with Crippen LogP contribution in [-0.4, -0.2) is 24.4 Å². The van der Waals surface area contributed by atoms with Gasteiger partial charge in [0.25, 0.3) is 0 Å². The summed E-state index contributed by atoms with van der Waals surface area (Å²) < 4.78 is 5.22. The molecule has 0 spiro atoms. The van der Waals surface area contributed by atoms with Gasteiger partial charge < -0.3 is 15.6 Å². The van der Waals surface area contributed by atoms with Crippen LogP contribution < -0.4 is 10.5 Å². The molecule has 0 saturated carbocycles. The van der Waals surface area contributed by atoms with Gasteiger partial charge in [0, 0.05) is 18.0 Å². The molecule has 1 atom stereocenters. The predicted octanol–water partition coefficient (Wildman–Crippen LogP) is 1.99. The molecule has 0 aromatic heterocycles. The van der Waals surface area contributed by atoms with Gasteiger partial charge >= 0.3 is 0 Å². The van der Waals surface area contributed by atoms with E-state index in [0.717, 1.165) is 11.3 Å². The topological polar surface area (TPSA) is 55.5 Å². The molecule has 0 amide bonds. The van der Waals surface area contributed by atoms with Crippen LogP contribution in [0.15, 0.2) is 18.2 Å². The number of hydrogen-bond acceptors (Lipinski definition) is 3. The Morgan fingerprint density at radius 1 is 1.50 bits per heavy atom. The molecule has 0 fully saturated rings. The summed E-state index contributed by atoms with van der Waals surface area (Å²) in [5.41, 5.74) is 5.56. The first-order valence-corrected chi connectivity index (χ1v) is 5.67. The SMILES string of the molecule is CCC(O)(CN)Cc1cc(Cl)ccc1OC. The molecule has 16 heavy (non-hydrogen) atoms. The second-order valence-electron chi connectivity index (χ2n) is 3.91. The van der Waals surface area contributed by atoms with E-state index in [4.69, 9.17) is 22.1 Å². The molecule has 1 unspecified atom stereocenters. The van der Waals surface area contributed by atoms with Crippen molar-refractivity contribution in [1.82, 2.24) is 0 Å². The van der Waals surface area contributed by atoms with Crippen molar-refractivity contribution < 1.29 is 9.84 Å². The smallest absolute Gasteiger partial charge is 0.122 e. The fourth-order valence-electron chi connectivity index (χ4n) is 1.58. The van der Waals surface area contributed by atoms with Gasteiger partial charge in [-0.15, -0.1) is 0 Å². The van der Waals surface area contributed by atoms with E-state index in [1.807, 2.05) is 6.92 Å². The summed E-state index contributed by atoms with van der Waals surface area (Å²) in [7, 11) is 1.60. The second-order valence-corrected chi connectivity index (χ2v) is 4.35. The lowest BCUT2D eigenvalue weighted by atomic mass is 9.91. The summed E-state index contributed by atoms with van der Waals surface area (Å²) in [4.78, 5) is 0. The summed E-state index contributed by atoms with van der Waals surface area (Å²) in [5.74, 6) is 0.727. The molecule has 1 rings (SSSR count). The Hall–Kier alpha value is -0.770. The van der Waals surface area contributed by atoms with Crippen molar-refractivity contribution in [3.63, 3.8) is 0 Å². The minimum absolute atomic E-state index is 0.221. The first kappa shape index (κ1) is 13.3. The Bertz CT molecular complexity index is 351. The van der Waals surface area contributed by atoms with Gasteiger partial charge in [-0.1, -0.05) is 18.5 Å². The monoisotopic (exact) mass is 243 g/mol. The molecule has 3 nitrogen and oxygen atoms in total. The molecule has 0 aliphatic rings. The number of benzene rings is 1. The van der Waals surface area contributed by atoms with Gasteiger partial charge in [0.15, 0.2) is 0 Å². The minimum Gasteiger partial charge on any atom is -0.496 e. The molecule has 0 saturated heterocycles. The molecule has 1 aromatic carbocycles. The van der Waals surface area contributed by atoms with Crippen molar-refractivity contribution >= 4 is 11.6 Å². The number of rotatable bonds is 5. The molecule has 0 heterocycles. The van der Waals surface area contributed by atoms with Crippen molar-refractivity contribution in [2.45, 2.75) is 25.4 Å². The van der Waals surface area contributed by atoms with Crippen LogP contribution >= 0.6 is 11.6 Å². The van der Waals surface area contributed by atoms with Crippen molar-refractivity contribution in [1.29, 1.82) is 0 Å². The zero-order valence-corrected chi connectivity index (χ0v) is 10.4. The molecule has 0 aliphatic carbocycles. The Morgan fingerprint density at radius 2 is 2.19 bits per heavy atom. The van der Waals surface area contributed by atoms with E-state index in [2.05, 4.69) is 0 Å². The predicted molar refractivity (Wildman–Crippen MR) is 66.0 cm³/mol. The van der Waals surface area contributed by atoms with Gasteiger partial charge in [0.1, 0.15) is 5.75 Å². The van der Waals surface area contributed by atoms with E-state index >= 15 is 0 Å². The molecule has 90 valence electrons. The molecule has 4 heteroatoms. The zero-order valence-electron chi connectivity index (χ0n) is 9.66. The van der Waals surface area contributed by atoms with Crippen molar-refractivity contribution in [3.8, 4) is 5.75 Å². The van der Waals surface area contributed by atoms with E-state index in [-0.39, 0.29) is 6.54 Å². The maximum atomic E-state index is 10.2. The number of halogens is 1. The first-order chi connectivity index (χ1) is 7.54. The number of methoxy groups -OCH3 is 1. The lowest BCUT2D eigenvalue weighted by Gasteiger charge is -2.25. The van der Waals surface area contributed by atoms with Gasteiger partial charge in [-0.05, 0) is 30.2 Å². The third-order valence-electron chi connectivity index (χ3n) is 2.80. The average molecular weight is 244 g/mol. The second kappa shape index (κ2) is 5.53. The van der Waals surface area contributed by atoms with Gasteiger partial charge in [0.05, 0.1) is 12.7 Å². The van der Waals surface area contributed by atoms with Gasteiger partial charge in [-0.25, -0.2) is 0 Å². The number of ether oxygens (including phenoxy) is 1. The van der Waals surface area contributed by atoms with Crippen LogP contribution in [-0.2, 0) is 6.42 Å². The van der Waals surface area contributed by atoms with Gasteiger partial charge in [0.2, 0.25) is 0 Å². The average Bonchev–Trinajstić information content (AvgIpc) is 2.29. The van der Waals surface area contributed by atoms with Gasteiger partial charge in [-0.2, -0.15) is 0 Å². The highest BCUT2D eigenvalue weighted by molar-refractivity contribution is 6.30. The molecule has 0 aliphatic heterocycles. The highest BCUT2D eigenvalue weighted by atomic mass is 35.5. The van der Waals surface area contributed by atoms with Crippen molar-refractivity contribution in [2.24, 2.45) is 5.73 Å². The largest absolute Gasteiger partial charge is 0.496 e. The van der Waals surface area contributed by atoms with Gasteiger partial charge in [-0.3, -0.25) is 0 Å². The Kier molecular flexibility index (Phi) is 4.59. The number of aliphatic hydroxyl groups is 1. The van der Waals surface area contributed by atoms with Crippen molar-refractivity contribution in [2.75, 3.05) is 13.7 Å². The first-order valence-electron chi connectivity index (χ1n) is 5.29. The fraction of sp³-hybridized carbons (Fsp3) is 0.500. The third kappa shape index (κ3) is 3.11. The highest BCUT2D eigenvalue weighted by Crippen LogP contribution is 2.27. The van der Waals surface area contributed by atoms with Crippen LogP contribution in [0.25, 0.3) is 0 Å². The van der Waals surface area contributed by atoms with E-state index in [1.165, 1.54) is 0 Å². The standard InChI is InChI=1S/C12H18ClNO2/c1-3-12(15,8-14)7-9-6-10(13)4-5-11(9)16-2/h4-6,15H,3,7-8,14H2,1-2H3. The van der Waals surface area contributed by atoms with Crippen LogP contribution in [0, 0.1) is 0 Å². The van der Waals surface area contributed by atoms with E-state index in [9.17, 15) is 5.11 Å². The Labute approximate surface area is 101 Å². The number of hydrogen-bond donors (Lipinski definition) is 2. The Balaban J connectivity index is 2.98. The quantitative estimate of drug-likeness (QED) is 0.832. The van der Waals surface area contributed by atoms with E-state index in [0.29, 0.717) is 17.9 Å². The molecular weight excluding hydrogens is 226 g/mol. The molecule has 0 bridgehead atoms. The van der Waals surface area contributed by atoms with Crippen molar-refractivity contribution in [3.05, 3.63) is 28.8 Å². The van der Waals surface area contributed by atoms with Crippen LogP contribution in [0.1, 0.15) is 18.9 Å². The molecule has 3 N–H and O–H groups in total. The summed E-state index contributed by atoms with van der Waals surface area (Å²) >= 11 is 5.92. The number of nitrogens with two attached hydrogens (primary N) is 1. The summed E-state index contributed by atoms with van der Waals surface area (Å²) in [5, 5.41) is 10.8. The maximum absolute atomic E-state index is 10.2. The fourth-order valence-corrected chi connectivity index (χ4v) is 1.78. The van der Waals surface area contributed by atoms with Crippen LogP contribution in [0.5, 0.6) is 5.75 Å². The maximum Gasteiger partial charge on any atom is 0.122 e. The summed E-state index contributed by atoms with van der Waals surface area (Å²) in [6, 6.07) is 5.36. The van der Waals surface area contributed by atoms with Crippen LogP contribution in [0.3, 0.4) is 0 Å². The summed E-state index contributed by atoms with van der Waals surface area (Å²) in [6.07, 6.45) is 1.04. The molecule has 1 aromatic rings. The normalized spacial score (nSPS) is 14.6. The van der Waals surface area contributed by atoms with E-state index in [1.54, 1.807) is 25.3 Å². The van der Waals surface area contributed by atoms with Crippen LogP contribution in [0.2, 0.25) is 5.02 Å². The highest BCUT2D eigenvalue weighted by Gasteiger charge is 2.24. The lowest BCUT2D eigenvalue weighted by Crippen LogP contribution is -2.39. The third-order valence-corrected chi connectivity index (χ3v) is 3.04. The Morgan fingerprint density at radius 3 is 2.69 bits per heavy atom. The summed E-state index contributed by atoms with van der Waals surface area (Å²) in [6.45, 7) is 2.13. The molecular formula is C12H18ClNO2. The van der Waals surface area contributed by atoms with E-state index < -0.39 is 5.60 Å².